The summed E-state index contributed by atoms with van der Waals surface area (Å²) in [5, 5.41) is 11.9. The van der Waals surface area contributed by atoms with Crippen LogP contribution in [0.5, 0.6) is 5.75 Å². The fourth-order valence-corrected chi connectivity index (χ4v) is 8.18. The van der Waals surface area contributed by atoms with E-state index in [0.717, 1.165) is 61.7 Å². The molecule has 2 aliphatic carbocycles. The van der Waals surface area contributed by atoms with Gasteiger partial charge in [0.25, 0.3) is 5.91 Å². The SMILES string of the molecule is C=S1(=O)NC(=O)c2ccc3c(c2)N(C[C@@H]2CC[C@H]2[C@@H](O)/C=C\CC1(C)C)C[C@@]1(CCCc2cc(Cl)ccc21)CO3. The van der Waals surface area contributed by atoms with Crippen LogP contribution in [0.25, 0.3) is 0 Å². The van der Waals surface area contributed by atoms with Crippen molar-refractivity contribution >= 4 is 38.8 Å². The van der Waals surface area contributed by atoms with Crippen molar-refractivity contribution in [2.24, 2.45) is 11.8 Å². The van der Waals surface area contributed by atoms with Crippen molar-refractivity contribution in [1.82, 2.24) is 4.72 Å². The molecular formula is C32H39ClN2O4S. The molecule has 2 aliphatic heterocycles. The Morgan fingerprint density at radius 1 is 1.20 bits per heavy atom. The number of allylic oxidation sites excluding steroid dienone is 1. The van der Waals surface area contributed by atoms with E-state index >= 15 is 0 Å². The summed E-state index contributed by atoms with van der Waals surface area (Å²) in [6.07, 6.45) is 8.66. The van der Waals surface area contributed by atoms with E-state index in [4.69, 9.17) is 16.3 Å². The summed E-state index contributed by atoms with van der Waals surface area (Å²) in [5.41, 5.74) is 3.65. The number of hydrogen-bond donors (Lipinski definition) is 2. The van der Waals surface area contributed by atoms with Gasteiger partial charge in [-0.3, -0.25) is 9.52 Å². The number of anilines is 1. The predicted octanol–water partition coefficient (Wildman–Crippen LogP) is 5.30. The van der Waals surface area contributed by atoms with Gasteiger partial charge in [-0.15, -0.1) is 0 Å². The molecule has 4 aliphatic rings. The molecule has 2 aromatic rings. The van der Waals surface area contributed by atoms with Crippen molar-refractivity contribution in [1.29, 1.82) is 0 Å². The highest BCUT2D eigenvalue weighted by atomic mass is 35.5. The van der Waals surface area contributed by atoms with Gasteiger partial charge in [-0.05, 0) is 112 Å². The zero-order valence-electron chi connectivity index (χ0n) is 23.3. The van der Waals surface area contributed by atoms with E-state index in [1.54, 1.807) is 6.07 Å². The van der Waals surface area contributed by atoms with Crippen molar-refractivity contribution in [3.8, 4) is 5.75 Å². The molecule has 8 heteroatoms. The first-order valence-corrected chi connectivity index (χ1v) is 16.4. The number of ether oxygens (including phenoxy) is 1. The first-order chi connectivity index (χ1) is 19.0. The third-order valence-electron chi connectivity index (χ3n) is 9.76. The highest BCUT2D eigenvalue weighted by Gasteiger charge is 2.44. The van der Waals surface area contributed by atoms with E-state index in [0.29, 0.717) is 24.5 Å². The number of halogens is 1. The Balaban J connectivity index is 1.44. The van der Waals surface area contributed by atoms with Gasteiger partial charge >= 0.3 is 0 Å². The van der Waals surface area contributed by atoms with Crippen LogP contribution in [0.15, 0.2) is 48.6 Å². The number of aliphatic hydroxyl groups is 1. The van der Waals surface area contributed by atoms with E-state index in [1.807, 2.05) is 44.2 Å². The monoisotopic (exact) mass is 582 g/mol. The van der Waals surface area contributed by atoms with Crippen LogP contribution in [0.2, 0.25) is 5.02 Å². The zero-order chi connectivity index (χ0) is 28.3. The Kier molecular flexibility index (Phi) is 6.99. The largest absolute Gasteiger partial charge is 0.490 e. The first-order valence-electron chi connectivity index (χ1n) is 14.3. The van der Waals surface area contributed by atoms with Crippen molar-refractivity contribution < 1.29 is 18.8 Å². The minimum atomic E-state index is -3.00. The molecule has 2 heterocycles. The number of amides is 1. The molecule has 2 bridgehead atoms. The summed E-state index contributed by atoms with van der Waals surface area (Å²) in [7, 11) is -3.00. The average Bonchev–Trinajstić information content (AvgIpc) is 3.02. The van der Waals surface area contributed by atoms with Crippen LogP contribution in [-0.4, -0.2) is 51.6 Å². The summed E-state index contributed by atoms with van der Waals surface area (Å²) >= 11 is 6.39. The van der Waals surface area contributed by atoms with Gasteiger partial charge in [-0.2, -0.15) is 0 Å². The normalized spacial score (nSPS) is 34.0. The maximum atomic E-state index is 13.6. The van der Waals surface area contributed by atoms with Crippen molar-refractivity contribution in [3.05, 3.63) is 70.3 Å². The molecule has 0 radical (unpaired) electrons. The number of carbonyl (C=O) groups excluding carboxylic acids is 1. The standard InChI is InChI=1S/C32H39ClN2O4S/c1-31(2)14-5-7-28(36)25-11-8-23(25)18-35-19-32(15-4-6-21-16-24(33)10-12-26(21)32)20-39-29-13-9-22(17-27(29)35)30(37)34-40(31,3)38/h5,7,9-10,12-13,16-17,23,25,28,36H,3-4,6,8,11,14-15,18-20H2,1-2H3,(H,34,37,38)/b7-5-/t23-,25+,28-,32-,40?/m0/s1. The lowest BCUT2D eigenvalue weighted by molar-refractivity contribution is 0.0456. The molecule has 2 aromatic carbocycles. The molecule has 0 saturated heterocycles. The van der Waals surface area contributed by atoms with Crippen molar-refractivity contribution in [2.45, 2.75) is 68.6 Å². The lowest BCUT2D eigenvalue weighted by Crippen LogP contribution is -2.49. The van der Waals surface area contributed by atoms with Crippen LogP contribution in [0.4, 0.5) is 5.69 Å². The summed E-state index contributed by atoms with van der Waals surface area (Å²) in [5.74, 6) is 4.72. The molecule has 1 amide bonds. The van der Waals surface area contributed by atoms with Crippen molar-refractivity contribution in [3.63, 3.8) is 0 Å². The van der Waals surface area contributed by atoms with E-state index in [2.05, 4.69) is 27.6 Å². The molecule has 214 valence electrons. The summed E-state index contributed by atoms with van der Waals surface area (Å²) in [6, 6.07) is 11.7. The molecule has 1 saturated carbocycles. The maximum absolute atomic E-state index is 13.6. The zero-order valence-corrected chi connectivity index (χ0v) is 24.9. The Labute approximate surface area is 242 Å². The summed E-state index contributed by atoms with van der Waals surface area (Å²) in [4.78, 5) is 15.8. The summed E-state index contributed by atoms with van der Waals surface area (Å²) in [6.45, 7) is 5.72. The topological polar surface area (TPSA) is 78.9 Å². The van der Waals surface area contributed by atoms with Crippen LogP contribution in [0, 0.1) is 11.8 Å². The molecular weight excluding hydrogens is 544 g/mol. The van der Waals surface area contributed by atoms with Gasteiger partial charge < -0.3 is 14.7 Å². The lowest BCUT2D eigenvalue weighted by atomic mass is 9.68. The van der Waals surface area contributed by atoms with Crippen LogP contribution in [-0.2, 0) is 21.5 Å². The Bertz CT molecular complexity index is 1470. The van der Waals surface area contributed by atoms with Gasteiger partial charge in [0, 0.05) is 29.1 Å². The highest BCUT2D eigenvalue weighted by Crippen LogP contribution is 2.46. The fraction of sp³-hybridized carbons (Fsp3) is 0.500. The van der Waals surface area contributed by atoms with E-state index in [9.17, 15) is 14.1 Å². The third-order valence-corrected chi connectivity index (χ3v) is 12.5. The van der Waals surface area contributed by atoms with E-state index in [1.165, 1.54) is 11.1 Å². The second-order valence-corrected chi connectivity index (χ2v) is 15.9. The Hall–Kier alpha value is -2.48. The van der Waals surface area contributed by atoms with Gasteiger partial charge in [0.1, 0.15) is 5.75 Å². The molecule has 6 nitrogen and oxygen atoms in total. The smallest absolute Gasteiger partial charge is 0.262 e. The Morgan fingerprint density at radius 3 is 2.80 bits per heavy atom. The molecule has 1 fully saturated rings. The number of nitrogens with zero attached hydrogens (tertiary/aromatic N) is 1. The first kappa shape index (κ1) is 27.7. The minimum absolute atomic E-state index is 0.151. The highest BCUT2D eigenvalue weighted by molar-refractivity contribution is 8.00. The van der Waals surface area contributed by atoms with Crippen molar-refractivity contribution in [2.75, 3.05) is 24.6 Å². The van der Waals surface area contributed by atoms with Gasteiger partial charge in [-0.1, -0.05) is 29.8 Å². The third kappa shape index (κ3) is 4.84. The Morgan fingerprint density at radius 2 is 2.02 bits per heavy atom. The number of rotatable bonds is 0. The molecule has 1 unspecified atom stereocenters. The minimum Gasteiger partial charge on any atom is -0.490 e. The van der Waals surface area contributed by atoms with Gasteiger partial charge in [0.2, 0.25) is 0 Å². The molecule has 1 spiro atoms. The lowest BCUT2D eigenvalue weighted by Gasteiger charge is -2.45. The number of aliphatic hydroxyl groups excluding tert-OH is 1. The average molecular weight is 583 g/mol. The van der Waals surface area contributed by atoms with Crippen LogP contribution < -0.4 is 14.4 Å². The van der Waals surface area contributed by atoms with Crippen LogP contribution in [0.1, 0.15) is 67.4 Å². The molecule has 2 N–H and O–H groups in total. The molecule has 5 atom stereocenters. The van der Waals surface area contributed by atoms with Gasteiger partial charge in [0.15, 0.2) is 0 Å². The number of nitrogens with one attached hydrogen (secondary N) is 1. The van der Waals surface area contributed by atoms with Crippen LogP contribution >= 0.6 is 11.6 Å². The van der Waals surface area contributed by atoms with Crippen LogP contribution in [0.3, 0.4) is 0 Å². The maximum Gasteiger partial charge on any atom is 0.262 e. The number of hydrogen-bond acceptors (Lipinski definition) is 5. The van der Waals surface area contributed by atoms with Gasteiger partial charge in [0.05, 0.1) is 32.9 Å². The number of carbonyl (C=O) groups is 1. The number of aryl methyl sites for hydroxylation is 1. The summed E-state index contributed by atoms with van der Waals surface area (Å²) < 4.78 is 22.1. The van der Waals surface area contributed by atoms with E-state index < -0.39 is 26.5 Å². The second kappa shape index (κ2) is 10.1. The van der Waals surface area contributed by atoms with E-state index in [-0.39, 0.29) is 11.3 Å². The molecule has 0 aromatic heterocycles. The fourth-order valence-electron chi connectivity index (χ4n) is 6.92. The molecule has 40 heavy (non-hydrogen) atoms. The predicted molar refractivity (Wildman–Crippen MR) is 163 cm³/mol. The second-order valence-electron chi connectivity index (χ2n) is 12.8. The number of fused-ring (bicyclic) bond motifs is 4. The van der Waals surface area contributed by atoms with Gasteiger partial charge in [-0.25, -0.2) is 4.21 Å². The quantitative estimate of drug-likeness (QED) is 0.326. The number of benzene rings is 2. The molecule has 6 rings (SSSR count).